The summed E-state index contributed by atoms with van der Waals surface area (Å²) in [6, 6.07) is 5.37. The van der Waals surface area contributed by atoms with Gasteiger partial charge in [0, 0.05) is 10.7 Å². The summed E-state index contributed by atoms with van der Waals surface area (Å²) in [6.45, 7) is 5.61. The Bertz CT molecular complexity index is 329. The van der Waals surface area contributed by atoms with Gasteiger partial charge in [-0.2, -0.15) is 0 Å². The van der Waals surface area contributed by atoms with Crippen molar-refractivity contribution in [2.45, 2.75) is 26.6 Å². The molecule has 0 saturated heterocycles. The number of rotatable bonds is 6. The predicted molar refractivity (Wildman–Crippen MR) is 66.6 cm³/mol. The first kappa shape index (κ1) is 13.3. The minimum absolute atomic E-state index is 0.236. The van der Waals surface area contributed by atoms with Crippen LogP contribution in [0.25, 0.3) is 0 Å². The van der Waals surface area contributed by atoms with Crippen molar-refractivity contribution in [3.8, 4) is 0 Å². The summed E-state index contributed by atoms with van der Waals surface area (Å²) in [5, 5.41) is 0.680. The molecule has 1 rings (SSSR count). The van der Waals surface area contributed by atoms with Crippen molar-refractivity contribution in [1.82, 2.24) is 0 Å². The highest BCUT2D eigenvalue weighted by Crippen LogP contribution is 2.19. The molecule has 90 valence electrons. The maximum Gasteiger partial charge on any atom is 0.0733 e. The number of nitrogens with two attached hydrogens (primary N) is 1. The molecule has 1 aromatic carbocycles. The number of hydrogen-bond acceptors (Lipinski definition) is 3. The molecule has 4 heteroatoms. The molecule has 0 radical (unpaired) electrons. The van der Waals surface area contributed by atoms with E-state index in [1.807, 2.05) is 19.9 Å². The molecular formula is C12H18ClNO2. The van der Waals surface area contributed by atoms with E-state index in [0.717, 1.165) is 5.56 Å². The van der Waals surface area contributed by atoms with Gasteiger partial charge in [0.2, 0.25) is 0 Å². The highest BCUT2D eigenvalue weighted by Gasteiger charge is 2.01. The third-order valence-corrected chi connectivity index (χ3v) is 2.37. The summed E-state index contributed by atoms with van der Waals surface area (Å²) < 4.78 is 10.8. The first-order valence-electron chi connectivity index (χ1n) is 5.33. The molecule has 0 fully saturated rings. The molecule has 0 saturated carbocycles. The van der Waals surface area contributed by atoms with Crippen LogP contribution in [0.15, 0.2) is 18.2 Å². The second-order valence-electron chi connectivity index (χ2n) is 3.82. The highest BCUT2D eigenvalue weighted by atomic mass is 35.5. The first-order chi connectivity index (χ1) is 7.59. The topological polar surface area (TPSA) is 44.5 Å². The molecule has 0 aromatic heterocycles. The molecule has 0 aliphatic heterocycles. The highest BCUT2D eigenvalue weighted by molar-refractivity contribution is 6.31. The molecule has 16 heavy (non-hydrogen) atoms. The van der Waals surface area contributed by atoms with Crippen molar-refractivity contribution in [1.29, 1.82) is 0 Å². The summed E-state index contributed by atoms with van der Waals surface area (Å²) in [6.07, 6.45) is 0.236. The molecule has 3 nitrogen and oxygen atoms in total. The molecule has 0 heterocycles. The standard InChI is InChI=1S/C12H18ClNO2/c1-9(2)16-6-5-15-8-10-7-11(14)3-4-12(10)13/h3-4,7,9H,5-6,8,14H2,1-2H3. The molecule has 0 aliphatic rings. The van der Waals surface area contributed by atoms with Crippen LogP contribution in [0.5, 0.6) is 0 Å². The number of halogens is 1. The normalized spacial score (nSPS) is 11.0. The van der Waals surface area contributed by atoms with E-state index < -0.39 is 0 Å². The Morgan fingerprint density at radius 2 is 2.06 bits per heavy atom. The van der Waals surface area contributed by atoms with Crippen LogP contribution in [0.4, 0.5) is 5.69 Å². The minimum atomic E-state index is 0.236. The Morgan fingerprint density at radius 3 is 2.75 bits per heavy atom. The monoisotopic (exact) mass is 243 g/mol. The van der Waals surface area contributed by atoms with E-state index in [0.29, 0.717) is 30.5 Å². The van der Waals surface area contributed by atoms with Crippen molar-refractivity contribution in [3.05, 3.63) is 28.8 Å². The van der Waals surface area contributed by atoms with Gasteiger partial charge in [-0.15, -0.1) is 0 Å². The van der Waals surface area contributed by atoms with Crippen LogP contribution < -0.4 is 5.73 Å². The van der Waals surface area contributed by atoms with E-state index in [-0.39, 0.29) is 6.10 Å². The van der Waals surface area contributed by atoms with Crippen molar-refractivity contribution in [2.24, 2.45) is 0 Å². The average Bonchev–Trinajstić information content (AvgIpc) is 2.22. The molecule has 0 bridgehead atoms. The molecule has 0 unspecified atom stereocenters. The zero-order valence-electron chi connectivity index (χ0n) is 9.70. The van der Waals surface area contributed by atoms with Crippen LogP contribution in [0.1, 0.15) is 19.4 Å². The lowest BCUT2D eigenvalue weighted by Crippen LogP contribution is -2.09. The van der Waals surface area contributed by atoms with Crippen LogP contribution in [-0.4, -0.2) is 19.3 Å². The van der Waals surface area contributed by atoms with Crippen LogP contribution >= 0.6 is 11.6 Å². The first-order valence-corrected chi connectivity index (χ1v) is 5.70. The van der Waals surface area contributed by atoms with Crippen molar-refractivity contribution in [3.63, 3.8) is 0 Å². The zero-order chi connectivity index (χ0) is 12.0. The summed E-state index contributed by atoms with van der Waals surface area (Å²) in [5.74, 6) is 0. The Kier molecular flexibility index (Phi) is 5.60. The number of nitrogen functional groups attached to an aromatic ring is 1. The zero-order valence-corrected chi connectivity index (χ0v) is 10.5. The maximum absolute atomic E-state index is 5.99. The molecule has 2 N–H and O–H groups in total. The lowest BCUT2D eigenvalue weighted by atomic mass is 10.2. The van der Waals surface area contributed by atoms with Gasteiger partial charge in [0.15, 0.2) is 0 Å². The Morgan fingerprint density at radius 1 is 1.31 bits per heavy atom. The van der Waals surface area contributed by atoms with E-state index in [9.17, 15) is 0 Å². The van der Waals surface area contributed by atoms with Gasteiger partial charge in [-0.3, -0.25) is 0 Å². The second-order valence-corrected chi connectivity index (χ2v) is 4.23. The molecule has 0 spiro atoms. The SMILES string of the molecule is CC(C)OCCOCc1cc(N)ccc1Cl. The summed E-state index contributed by atoms with van der Waals surface area (Å²) in [4.78, 5) is 0. The lowest BCUT2D eigenvalue weighted by molar-refractivity contribution is 0.0143. The van der Waals surface area contributed by atoms with E-state index in [1.165, 1.54) is 0 Å². The number of ether oxygens (including phenoxy) is 2. The number of anilines is 1. The van der Waals surface area contributed by atoms with Crippen LogP contribution in [0.3, 0.4) is 0 Å². The largest absolute Gasteiger partial charge is 0.399 e. The van der Waals surface area contributed by atoms with Gasteiger partial charge in [0.05, 0.1) is 25.9 Å². The molecule has 1 aromatic rings. The molecular weight excluding hydrogens is 226 g/mol. The second kappa shape index (κ2) is 6.74. The van der Waals surface area contributed by atoms with Crippen LogP contribution in [0, 0.1) is 0 Å². The van der Waals surface area contributed by atoms with Crippen molar-refractivity contribution in [2.75, 3.05) is 18.9 Å². The van der Waals surface area contributed by atoms with Gasteiger partial charge in [0.1, 0.15) is 0 Å². The third kappa shape index (κ3) is 4.84. The molecule has 0 atom stereocenters. The maximum atomic E-state index is 5.99. The van der Waals surface area contributed by atoms with Gasteiger partial charge < -0.3 is 15.2 Å². The molecule has 0 amide bonds. The van der Waals surface area contributed by atoms with E-state index in [2.05, 4.69) is 0 Å². The third-order valence-electron chi connectivity index (χ3n) is 2.01. The van der Waals surface area contributed by atoms with Gasteiger partial charge >= 0.3 is 0 Å². The Hall–Kier alpha value is -0.770. The Balaban J connectivity index is 2.29. The van der Waals surface area contributed by atoms with Crippen molar-refractivity contribution >= 4 is 17.3 Å². The predicted octanol–water partition coefficient (Wildman–Crippen LogP) is 2.86. The van der Waals surface area contributed by atoms with E-state index in [1.54, 1.807) is 12.1 Å². The summed E-state index contributed by atoms with van der Waals surface area (Å²) in [5.41, 5.74) is 7.26. The quantitative estimate of drug-likeness (QED) is 0.617. The lowest BCUT2D eigenvalue weighted by Gasteiger charge is -2.09. The summed E-state index contributed by atoms with van der Waals surface area (Å²) >= 11 is 5.99. The van der Waals surface area contributed by atoms with Crippen LogP contribution in [-0.2, 0) is 16.1 Å². The fourth-order valence-corrected chi connectivity index (χ4v) is 1.40. The minimum Gasteiger partial charge on any atom is -0.399 e. The number of benzene rings is 1. The number of hydrogen-bond donors (Lipinski definition) is 1. The Labute approximate surface area is 101 Å². The average molecular weight is 244 g/mol. The summed E-state index contributed by atoms with van der Waals surface area (Å²) in [7, 11) is 0. The van der Waals surface area contributed by atoms with Gasteiger partial charge in [-0.1, -0.05) is 11.6 Å². The fourth-order valence-electron chi connectivity index (χ4n) is 1.23. The van der Waals surface area contributed by atoms with E-state index in [4.69, 9.17) is 26.8 Å². The van der Waals surface area contributed by atoms with Crippen molar-refractivity contribution < 1.29 is 9.47 Å². The fraction of sp³-hybridized carbons (Fsp3) is 0.500. The van der Waals surface area contributed by atoms with Crippen LogP contribution in [0.2, 0.25) is 5.02 Å². The van der Waals surface area contributed by atoms with Gasteiger partial charge in [-0.25, -0.2) is 0 Å². The molecule has 0 aliphatic carbocycles. The van der Waals surface area contributed by atoms with E-state index >= 15 is 0 Å². The van der Waals surface area contributed by atoms with Gasteiger partial charge in [-0.05, 0) is 37.6 Å². The smallest absolute Gasteiger partial charge is 0.0733 e. The van der Waals surface area contributed by atoms with Gasteiger partial charge in [0.25, 0.3) is 0 Å².